The summed E-state index contributed by atoms with van der Waals surface area (Å²) in [6, 6.07) is 10.4. The first-order valence-corrected chi connectivity index (χ1v) is 4.92. The topological polar surface area (TPSA) is 27.6 Å². The van der Waals surface area contributed by atoms with Crippen LogP contribution in [0, 0.1) is 0 Å². The van der Waals surface area contributed by atoms with Gasteiger partial charge in [-0.05, 0) is 12.5 Å². The number of hydrogen-bond acceptors (Lipinski definition) is 3. The van der Waals surface area contributed by atoms with Gasteiger partial charge in [0.1, 0.15) is 5.84 Å². The number of nitrogens with one attached hydrogen (secondary N) is 1. The summed E-state index contributed by atoms with van der Waals surface area (Å²) in [6.07, 6.45) is 0. The van der Waals surface area contributed by atoms with Gasteiger partial charge in [0.25, 0.3) is 0 Å². The summed E-state index contributed by atoms with van der Waals surface area (Å²) in [5, 5.41) is 2.10. The van der Waals surface area contributed by atoms with E-state index in [0.29, 0.717) is 0 Å². The van der Waals surface area contributed by atoms with Crippen LogP contribution < -0.4 is 5.43 Å². The zero-order valence-corrected chi connectivity index (χ0v) is 8.40. The van der Waals surface area contributed by atoms with Crippen molar-refractivity contribution in [3.05, 3.63) is 35.9 Å². The molecule has 0 saturated heterocycles. The van der Waals surface area contributed by atoms with Gasteiger partial charge in [0.2, 0.25) is 0 Å². The van der Waals surface area contributed by atoms with Crippen molar-refractivity contribution in [3.63, 3.8) is 0 Å². The predicted molar refractivity (Wildman–Crippen MR) is 58.0 cm³/mol. The van der Waals surface area contributed by atoms with Crippen molar-refractivity contribution < 1.29 is 0 Å². The summed E-state index contributed by atoms with van der Waals surface area (Å²) in [4.78, 5) is 4.31. The fourth-order valence-corrected chi connectivity index (χ4v) is 1.54. The smallest absolute Gasteiger partial charge is 0.110 e. The maximum atomic E-state index is 4.31. The van der Waals surface area contributed by atoms with Crippen molar-refractivity contribution in [1.29, 1.82) is 0 Å². The van der Waals surface area contributed by atoms with Gasteiger partial charge in [0.15, 0.2) is 0 Å². The Morgan fingerprint density at radius 1 is 1.36 bits per heavy atom. The van der Waals surface area contributed by atoms with Gasteiger partial charge >= 0.3 is 0 Å². The van der Waals surface area contributed by atoms with Gasteiger partial charge in [-0.3, -0.25) is 10.0 Å². The lowest BCUT2D eigenvalue weighted by molar-refractivity contribution is 0.328. The Kier molecular flexibility index (Phi) is 2.79. The lowest BCUT2D eigenvalue weighted by Gasteiger charge is -2.19. The number of benzene rings is 1. The molecule has 0 saturated carbocycles. The van der Waals surface area contributed by atoms with E-state index in [2.05, 4.69) is 39.7 Å². The number of hydrazine groups is 1. The zero-order chi connectivity index (χ0) is 9.80. The molecule has 0 radical (unpaired) electrons. The van der Waals surface area contributed by atoms with Crippen molar-refractivity contribution >= 4 is 5.84 Å². The molecule has 2 rings (SSSR count). The normalized spacial score (nSPS) is 15.8. The third kappa shape index (κ3) is 2.12. The predicted octanol–water partition coefficient (Wildman–Crippen LogP) is 1.43. The van der Waals surface area contributed by atoms with Crippen molar-refractivity contribution in [1.82, 2.24) is 10.4 Å². The van der Waals surface area contributed by atoms with E-state index < -0.39 is 0 Å². The standard InChI is InChI=1S/C11H15N3/c1-10-12-7-8-14(10)13-9-11-5-3-2-4-6-11/h2-6,13H,7-9H2,1H3. The third-order valence-electron chi connectivity index (χ3n) is 2.37. The Morgan fingerprint density at radius 2 is 2.14 bits per heavy atom. The molecule has 0 aliphatic carbocycles. The molecule has 0 fully saturated rings. The minimum atomic E-state index is 0.869. The highest BCUT2D eigenvalue weighted by Gasteiger charge is 2.10. The van der Waals surface area contributed by atoms with Gasteiger partial charge in [-0.25, -0.2) is 5.43 Å². The van der Waals surface area contributed by atoms with E-state index in [9.17, 15) is 0 Å². The van der Waals surface area contributed by atoms with E-state index in [4.69, 9.17) is 0 Å². The van der Waals surface area contributed by atoms with Gasteiger partial charge in [-0.2, -0.15) is 0 Å². The molecular formula is C11H15N3. The quantitative estimate of drug-likeness (QED) is 0.778. The van der Waals surface area contributed by atoms with Gasteiger partial charge in [0, 0.05) is 6.54 Å². The molecule has 1 heterocycles. The highest BCUT2D eigenvalue weighted by Crippen LogP contribution is 2.01. The first-order valence-electron chi connectivity index (χ1n) is 4.92. The lowest BCUT2D eigenvalue weighted by Crippen LogP contribution is -2.38. The van der Waals surface area contributed by atoms with Crippen LogP contribution in [-0.2, 0) is 6.54 Å². The Morgan fingerprint density at radius 3 is 2.79 bits per heavy atom. The Bertz CT molecular complexity index is 319. The van der Waals surface area contributed by atoms with Gasteiger partial charge in [-0.1, -0.05) is 30.3 Å². The van der Waals surface area contributed by atoms with Crippen molar-refractivity contribution in [2.45, 2.75) is 13.5 Å². The fraction of sp³-hybridized carbons (Fsp3) is 0.364. The monoisotopic (exact) mass is 189 g/mol. The van der Waals surface area contributed by atoms with E-state index in [1.54, 1.807) is 0 Å². The van der Waals surface area contributed by atoms with Crippen LogP contribution in [0.1, 0.15) is 12.5 Å². The minimum absolute atomic E-state index is 0.869. The minimum Gasteiger partial charge on any atom is -0.294 e. The summed E-state index contributed by atoms with van der Waals surface area (Å²) >= 11 is 0. The molecule has 0 amide bonds. The number of nitrogens with zero attached hydrogens (tertiary/aromatic N) is 2. The van der Waals surface area contributed by atoms with Crippen LogP contribution in [0.5, 0.6) is 0 Å². The van der Waals surface area contributed by atoms with Crippen LogP contribution in [0.2, 0.25) is 0 Å². The Labute approximate surface area is 84.4 Å². The number of aliphatic imine (C=N–C) groups is 1. The molecule has 0 spiro atoms. The van der Waals surface area contributed by atoms with E-state index >= 15 is 0 Å². The van der Waals surface area contributed by atoms with Crippen LogP contribution in [-0.4, -0.2) is 23.9 Å². The second kappa shape index (κ2) is 4.24. The molecule has 0 aromatic heterocycles. The maximum absolute atomic E-state index is 4.31. The Balaban J connectivity index is 1.86. The number of rotatable bonds is 3. The highest BCUT2D eigenvalue weighted by atomic mass is 15.5. The van der Waals surface area contributed by atoms with Crippen LogP contribution in [0.4, 0.5) is 0 Å². The molecule has 1 aliphatic heterocycles. The average Bonchev–Trinajstić information content (AvgIpc) is 2.63. The second-order valence-electron chi connectivity index (χ2n) is 3.40. The highest BCUT2D eigenvalue weighted by molar-refractivity contribution is 5.80. The average molecular weight is 189 g/mol. The summed E-state index contributed by atoms with van der Waals surface area (Å²) in [5.41, 5.74) is 4.65. The van der Waals surface area contributed by atoms with Gasteiger partial charge in [-0.15, -0.1) is 0 Å². The fourth-order valence-electron chi connectivity index (χ4n) is 1.54. The van der Waals surface area contributed by atoms with Crippen LogP contribution in [0.25, 0.3) is 0 Å². The van der Waals surface area contributed by atoms with Gasteiger partial charge in [0.05, 0.1) is 13.1 Å². The second-order valence-corrected chi connectivity index (χ2v) is 3.40. The summed E-state index contributed by atoms with van der Waals surface area (Å²) in [6.45, 7) is 4.80. The zero-order valence-electron chi connectivity index (χ0n) is 8.40. The molecule has 1 N–H and O–H groups in total. The SMILES string of the molecule is CC1=NCCN1NCc1ccccc1. The molecule has 74 valence electrons. The summed E-state index contributed by atoms with van der Waals surface area (Å²) < 4.78 is 0. The van der Waals surface area contributed by atoms with Gasteiger partial charge < -0.3 is 0 Å². The van der Waals surface area contributed by atoms with Crippen molar-refractivity contribution in [2.24, 2.45) is 4.99 Å². The molecule has 1 aromatic rings. The first-order chi connectivity index (χ1) is 6.86. The first kappa shape index (κ1) is 9.21. The lowest BCUT2D eigenvalue weighted by atomic mass is 10.2. The Hall–Kier alpha value is -1.35. The molecular weight excluding hydrogens is 174 g/mol. The van der Waals surface area contributed by atoms with Crippen molar-refractivity contribution in [2.75, 3.05) is 13.1 Å². The molecule has 1 aromatic carbocycles. The number of amidine groups is 1. The molecule has 3 nitrogen and oxygen atoms in total. The van der Waals surface area contributed by atoms with Crippen molar-refractivity contribution in [3.8, 4) is 0 Å². The van der Waals surface area contributed by atoms with Crippen LogP contribution in [0.15, 0.2) is 35.3 Å². The largest absolute Gasteiger partial charge is 0.294 e. The molecule has 1 aliphatic rings. The molecule has 3 heteroatoms. The molecule has 14 heavy (non-hydrogen) atoms. The van der Waals surface area contributed by atoms with Crippen LogP contribution >= 0.6 is 0 Å². The van der Waals surface area contributed by atoms with E-state index in [1.165, 1.54) is 5.56 Å². The molecule has 0 atom stereocenters. The molecule has 0 bridgehead atoms. The summed E-state index contributed by atoms with van der Waals surface area (Å²) in [5.74, 6) is 1.08. The van der Waals surface area contributed by atoms with E-state index in [1.807, 2.05) is 13.0 Å². The molecule has 0 unspecified atom stereocenters. The van der Waals surface area contributed by atoms with E-state index in [0.717, 1.165) is 25.5 Å². The third-order valence-corrected chi connectivity index (χ3v) is 2.37. The maximum Gasteiger partial charge on any atom is 0.110 e. The number of hydrogen-bond donors (Lipinski definition) is 1. The summed E-state index contributed by atoms with van der Waals surface area (Å²) in [7, 11) is 0. The van der Waals surface area contributed by atoms with E-state index in [-0.39, 0.29) is 0 Å². The van der Waals surface area contributed by atoms with Crippen LogP contribution in [0.3, 0.4) is 0 Å².